The Balaban J connectivity index is 1.74. The maximum absolute atomic E-state index is 10.5. The summed E-state index contributed by atoms with van der Waals surface area (Å²) < 4.78 is 11.4. The van der Waals surface area contributed by atoms with E-state index in [2.05, 4.69) is 4.90 Å². The molecule has 2 aliphatic heterocycles. The van der Waals surface area contributed by atoms with Crippen LogP contribution >= 0.6 is 0 Å². The first-order chi connectivity index (χ1) is 7.82. The summed E-state index contributed by atoms with van der Waals surface area (Å²) in [6, 6.07) is 0.245. The lowest BCUT2D eigenvalue weighted by Gasteiger charge is -2.44. The van der Waals surface area contributed by atoms with Gasteiger partial charge in [-0.15, -0.1) is 0 Å². The highest BCUT2D eigenvalue weighted by Crippen LogP contribution is 2.38. The molecule has 1 spiro atoms. The van der Waals surface area contributed by atoms with Gasteiger partial charge < -0.3 is 14.6 Å². The normalized spacial score (nSPS) is 39.6. The highest BCUT2D eigenvalue weighted by Gasteiger charge is 2.51. The highest BCUT2D eigenvalue weighted by atomic mass is 16.7. The molecule has 3 aliphatic rings. The number of aliphatic hydroxyl groups excluding tert-OH is 1. The zero-order valence-electron chi connectivity index (χ0n) is 9.73. The molecular formula is C12H21NO3. The molecule has 3 rings (SSSR count). The fraction of sp³-hybridized carbons (Fsp3) is 1.00. The predicted molar refractivity (Wildman–Crippen MR) is 59.1 cm³/mol. The number of hydrogen-bond acceptors (Lipinski definition) is 4. The summed E-state index contributed by atoms with van der Waals surface area (Å²) in [7, 11) is 0. The van der Waals surface area contributed by atoms with Crippen molar-refractivity contribution in [2.24, 2.45) is 0 Å². The third kappa shape index (κ3) is 1.68. The van der Waals surface area contributed by atoms with Crippen molar-refractivity contribution < 1.29 is 14.6 Å². The second-order valence-corrected chi connectivity index (χ2v) is 5.16. The van der Waals surface area contributed by atoms with Crippen molar-refractivity contribution in [3.8, 4) is 0 Å². The molecule has 0 aromatic rings. The van der Waals surface area contributed by atoms with Crippen molar-refractivity contribution in [3.05, 3.63) is 0 Å². The third-order valence-corrected chi connectivity index (χ3v) is 4.23. The quantitative estimate of drug-likeness (QED) is 0.717. The highest BCUT2D eigenvalue weighted by molar-refractivity contribution is 4.97. The van der Waals surface area contributed by atoms with E-state index in [1.807, 2.05) is 0 Å². The Morgan fingerprint density at radius 3 is 2.44 bits per heavy atom. The summed E-state index contributed by atoms with van der Waals surface area (Å²) in [5, 5.41) is 10.5. The third-order valence-electron chi connectivity index (χ3n) is 4.23. The van der Waals surface area contributed by atoms with Gasteiger partial charge in [-0.05, 0) is 38.8 Å². The maximum Gasteiger partial charge on any atom is 0.196 e. The van der Waals surface area contributed by atoms with E-state index in [1.165, 1.54) is 12.8 Å². The number of ether oxygens (including phenoxy) is 2. The van der Waals surface area contributed by atoms with Crippen molar-refractivity contribution >= 4 is 0 Å². The van der Waals surface area contributed by atoms with E-state index < -0.39 is 11.9 Å². The predicted octanol–water partition coefficient (Wildman–Crippen LogP) is 0.739. The van der Waals surface area contributed by atoms with Gasteiger partial charge in [0.05, 0.1) is 13.2 Å². The van der Waals surface area contributed by atoms with Crippen molar-refractivity contribution in [3.63, 3.8) is 0 Å². The standard InChI is InChI=1S/C12H21NO3/c14-11-10(13-6-1-2-7-13)4-3-5-12(11)15-8-9-16-12/h10-11,14H,1-9H2/t10-,11+/m1/s1. The summed E-state index contributed by atoms with van der Waals surface area (Å²) in [5.41, 5.74) is 0. The molecular weight excluding hydrogens is 206 g/mol. The van der Waals surface area contributed by atoms with Crippen LogP contribution in [0.25, 0.3) is 0 Å². The summed E-state index contributed by atoms with van der Waals surface area (Å²) in [6.07, 6.45) is 5.07. The van der Waals surface area contributed by atoms with Gasteiger partial charge in [-0.2, -0.15) is 0 Å². The van der Waals surface area contributed by atoms with Crippen LogP contribution in [0.4, 0.5) is 0 Å². The maximum atomic E-state index is 10.5. The lowest BCUT2D eigenvalue weighted by Crippen LogP contribution is -2.58. The molecule has 2 heterocycles. The molecule has 0 aromatic carbocycles. The van der Waals surface area contributed by atoms with Gasteiger partial charge >= 0.3 is 0 Å². The van der Waals surface area contributed by atoms with Crippen LogP contribution in [0.15, 0.2) is 0 Å². The molecule has 0 aromatic heterocycles. The van der Waals surface area contributed by atoms with E-state index in [1.54, 1.807) is 0 Å². The summed E-state index contributed by atoms with van der Waals surface area (Å²) >= 11 is 0. The second kappa shape index (κ2) is 4.26. The van der Waals surface area contributed by atoms with Crippen LogP contribution in [-0.4, -0.2) is 54.2 Å². The van der Waals surface area contributed by atoms with Gasteiger partial charge in [0.1, 0.15) is 6.10 Å². The summed E-state index contributed by atoms with van der Waals surface area (Å²) in [4.78, 5) is 2.41. The number of rotatable bonds is 1. The lowest BCUT2D eigenvalue weighted by atomic mass is 9.86. The van der Waals surface area contributed by atoms with Crippen LogP contribution in [0.2, 0.25) is 0 Å². The molecule has 0 amide bonds. The van der Waals surface area contributed by atoms with E-state index in [9.17, 15) is 5.11 Å². The molecule has 3 fully saturated rings. The Labute approximate surface area is 96.5 Å². The SMILES string of the molecule is O[C@H]1[C@H](N2CCCC2)CCCC12OCCO2. The van der Waals surface area contributed by atoms with Gasteiger partial charge in [-0.25, -0.2) is 0 Å². The Bertz CT molecular complexity index is 247. The monoisotopic (exact) mass is 227 g/mol. The number of hydrogen-bond donors (Lipinski definition) is 1. The summed E-state index contributed by atoms with van der Waals surface area (Å²) in [6.45, 7) is 3.50. The molecule has 2 saturated heterocycles. The minimum atomic E-state index is -0.675. The topological polar surface area (TPSA) is 41.9 Å². The molecule has 2 atom stereocenters. The Hall–Kier alpha value is -0.160. The average Bonchev–Trinajstić information content (AvgIpc) is 2.94. The first kappa shape index (κ1) is 11.0. The first-order valence-corrected chi connectivity index (χ1v) is 6.52. The smallest absolute Gasteiger partial charge is 0.196 e. The fourth-order valence-electron chi connectivity index (χ4n) is 3.40. The molecule has 0 radical (unpaired) electrons. The van der Waals surface area contributed by atoms with Crippen molar-refractivity contribution in [2.45, 2.75) is 50.0 Å². The fourth-order valence-corrected chi connectivity index (χ4v) is 3.40. The lowest BCUT2D eigenvalue weighted by molar-refractivity contribution is -0.251. The van der Waals surface area contributed by atoms with Gasteiger partial charge in [0.2, 0.25) is 0 Å². The summed E-state index contributed by atoms with van der Waals surface area (Å²) in [5.74, 6) is -0.675. The molecule has 0 unspecified atom stereocenters. The zero-order chi connectivity index (χ0) is 11.0. The minimum Gasteiger partial charge on any atom is -0.386 e. The number of aliphatic hydroxyl groups is 1. The second-order valence-electron chi connectivity index (χ2n) is 5.16. The molecule has 92 valence electrons. The van der Waals surface area contributed by atoms with Gasteiger partial charge in [0.15, 0.2) is 5.79 Å². The van der Waals surface area contributed by atoms with Gasteiger partial charge in [-0.1, -0.05) is 0 Å². The number of nitrogens with zero attached hydrogens (tertiary/aromatic N) is 1. The Morgan fingerprint density at radius 1 is 1.06 bits per heavy atom. The van der Waals surface area contributed by atoms with Crippen LogP contribution < -0.4 is 0 Å². The van der Waals surface area contributed by atoms with Crippen LogP contribution in [-0.2, 0) is 9.47 Å². The molecule has 4 heteroatoms. The van der Waals surface area contributed by atoms with Crippen LogP contribution in [0.3, 0.4) is 0 Å². The Kier molecular flexibility index (Phi) is 2.92. The van der Waals surface area contributed by atoms with E-state index in [4.69, 9.17) is 9.47 Å². The van der Waals surface area contributed by atoms with Crippen LogP contribution in [0.5, 0.6) is 0 Å². The first-order valence-electron chi connectivity index (χ1n) is 6.52. The van der Waals surface area contributed by atoms with Gasteiger partial charge in [-0.3, -0.25) is 4.90 Å². The van der Waals surface area contributed by atoms with Crippen molar-refractivity contribution in [1.82, 2.24) is 4.90 Å². The van der Waals surface area contributed by atoms with Crippen LogP contribution in [0, 0.1) is 0 Å². The molecule has 1 saturated carbocycles. The molecule has 0 bridgehead atoms. The zero-order valence-corrected chi connectivity index (χ0v) is 9.73. The molecule has 4 nitrogen and oxygen atoms in total. The van der Waals surface area contributed by atoms with Crippen LogP contribution in [0.1, 0.15) is 32.1 Å². The largest absolute Gasteiger partial charge is 0.386 e. The van der Waals surface area contributed by atoms with E-state index in [0.29, 0.717) is 13.2 Å². The van der Waals surface area contributed by atoms with E-state index in [0.717, 1.165) is 32.4 Å². The van der Waals surface area contributed by atoms with Gasteiger partial charge in [0.25, 0.3) is 0 Å². The molecule has 1 N–H and O–H groups in total. The van der Waals surface area contributed by atoms with E-state index >= 15 is 0 Å². The van der Waals surface area contributed by atoms with Crippen molar-refractivity contribution in [1.29, 1.82) is 0 Å². The molecule has 16 heavy (non-hydrogen) atoms. The number of likely N-dealkylation sites (tertiary alicyclic amines) is 1. The molecule has 1 aliphatic carbocycles. The minimum absolute atomic E-state index is 0.245. The van der Waals surface area contributed by atoms with Crippen molar-refractivity contribution in [2.75, 3.05) is 26.3 Å². The van der Waals surface area contributed by atoms with E-state index in [-0.39, 0.29) is 6.04 Å². The average molecular weight is 227 g/mol. The van der Waals surface area contributed by atoms with Gasteiger partial charge in [0, 0.05) is 12.5 Å². The Morgan fingerprint density at radius 2 is 1.75 bits per heavy atom.